The van der Waals surface area contributed by atoms with E-state index in [0.29, 0.717) is 16.1 Å². The van der Waals surface area contributed by atoms with Gasteiger partial charge in [-0.3, -0.25) is 14.2 Å². The smallest absolute Gasteiger partial charge is 0.316 e. The van der Waals surface area contributed by atoms with Gasteiger partial charge >= 0.3 is 5.97 Å². The minimum absolute atomic E-state index is 0.0898. The van der Waals surface area contributed by atoms with Crippen molar-refractivity contribution >= 4 is 44.6 Å². The van der Waals surface area contributed by atoms with Gasteiger partial charge in [-0.1, -0.05) is 58.0 Å². The van der Waals surface area contributed by atoms with Crippen molar-refractivity contribution in [2.75, 3.05) is 12.9 Å². The highest BCUT2D eigenvalue weighted by atomic mass is 79.9. The second-order valence-electron chi connectivity index (χ2n) is 5.68. The molecule has 0 aliphatic rings. The third kappa shape index (κ3) is 3.83. The summed E-state index contributed by atoms with van der Waals surface area (Å²) >= 11 is 4.61. The second-order valence-corrected chi connectivity index (χ2v) is 7.54. The molecule has 1 unspecified atom stereocenters. The molecule has 0 amide bonds. The van der Waals surface area contributed by atoms with Crippen LogP contribution in [0.3, 0.4) is 0 Å². The third-order valence-corrected chi connectivity index (χ3v) is 5.47. The van der Waals surface area contributed by atoms with Crippen molar-refractivity contribution in [2.45, 2.75) is 18.1 Å². The Bertz CT molecular complexity index is 1000. The standard InChI is InChI=1S/C19H17BrN2O3S/c1-12(13-6-4-3-5-7-13)22-18(24)15-10-14(20)8-9-16(15)21-19(22)26-11-17(23)25-2/h3-10,12H,11H2,1-2H3. The molecular weight excluding hydrogens is 416 g/mol. The molecule has 0 aliphatic carbocycles. The molecule has 1 atom stereocenters. The Morgan fingerprint density at radius 2 is 2.00 bits per heavy atom. The molecule has 0 aliphatic heterocycles. The molecule has 26 heavy (non-hydrogen) atoms. The van der Waals surface area contributed by atoms with Crippen LogP contribution in [0.15, 0.2) is 63.0 Å². The molecule has 0 N–H and O–H groups in total. The van der Waals surface area contributed by atoms with Crippen molar-refractivity contribution in [2.24, 2.45) is 0 Å². The molecule has 3 aromatic rings. The summed E-state index contributed by atoms with van der Waals surface area (Å²) in [4.78, 5) is 29.4. The highest BCUT2D eigenvalue weighted by Crippen LogP contribution is 2.26. The molecule has 0 saturated heterocycles. The van der Waals surface area contributed by atoms with Gasteiger partial charge in [0.1, 0.15) is 0 Å². The fourth-order valence-corrected chi connectivity index (χ4v) is 3.93. The van der Waals surface area contributed by atoms with Gasteiger partial charge in [-0.2, -0.15) is 0 Å². The fraction of sp³-hybridized carbons (Fsp3) is 0.211. The van der Waals surface area contributed by atoms with Crippen LogP contribution in [0, 0.1) is 0 Å². The van der Waals surface area contributed by atoms with Crippen LogP contribution in [0.4, 0.5) is 0 Å². The van der Waals surface area contributed by atoms with Crippen LogP contribution in [0.25, 0.3) is 10.9 Å². The number of esters is 1. The van der Waals surface area contributed by atoms with Gasteiger partial charge in [0.05, 0.1) is 29.8 Å². The molecule has 1 heterocycles. The molecule has 134 valence electrons. The first-order chi connectivity index (χ1) is 12.5. The first kappa shape index (κ1) is 18.7. The van der Waals surface area contributed by atoms with E-state index in [1.54, 1.807) is 16.7 Å². The normalized spacial score (nSPS) is 12.1. The number of carbonyl (C=O) groups is 1. The topological polar surface area (TPSA) is 61.2 Å². The first-order valence-electron chi connectivity index (χ1n) is 7.97. The van der Waals surface area contributed by atoms with Crippen molar-refractivity contribution in [3.05, 3.63) is 68.9 Å². The molecule has 7 heteroatoms. The molecular formula is C19H17BrN2O3S. The lowest BCUT2D eigenvalue weighted by molar-refractivity contribution is -0.137. The van der Waals surface area contributed by atoms with Crippen LogP contribution >= 0.6 is 27.7 Å². The Hall–Kier alpha value is -2.12. The van der Waals surface area contributed by atoms with E-state index < -0.39 is 0 Å². The van der Waals surface area contributed by atoms with Crippen LogP contribution in [0.2, 0.25) is 0 Å². The lowest BCUT2D eigenvalue weighted by Gasteiger charge is -2.20. The van der Waals surface area contributed by atoms with Gasteiger partial charge in [0.2, 0.25) is 0 Å². The zero-order valence-corrected chi connectivity index (χ0v) is 16.7. The molecule has 5 nitrogen and oxygen atoms in total. The number of hydrogen-bond donors (Lipinski definition) is 0. The number of thioether (sulfide) groups is 1. The number of benzene rings is 2. The molecule has 0 bridgehead atoms. The summed E-state index contributed by atoms with van der Waals surface area (Å²) in [5, 5.41) is 1.02. The number of fused-ring (bicyclic) bond motifs is 1. The summed E-state index contributed by atoms with van der Waals surface area (Å²) in [5.74, 6) is -0.272. The average Bonchev–Trinajstić information content (AvgIpc) is 2.67. The van der Waals surface area contributed by atoms with E-state index in [0.717, 1.165) is 10.0 Å². The number of carbonyl (C=O) groups excluding carboxylic acids is 1. The lowest BCUT2D eigenvalue weighted by atomic mass is 10.1. The van der Waals surface area contributed by atoms with Crippen molar-refractivity contribution < 1.29 is 9.53 Å². The number of nitrogens with zero attached hydrogens (tertiary/aromatic N) is 2. The Kier molecular flexibility index (Phi) is 5.78. The van der Waals surface area contributed by atoms with Gasteiger partial charge in [-0.05, 0) is 30.7 Å². The zero-order valence-electron chi connectivity index (χ0n) is 14.3. The average molecular weight is 433 g/mol. The van der Waals surface area contributed by atoms with E-state index in [1.165, 1.54) is 18.9 Å². The number of rotatable bonds is 5. The van der Waals surface area contributed by atoms with Gasteiger partial charge in [0.25, 0.3) is 5.56 Å². The van der Waals surface area contributed by atoms with Gasteiger partial charge in [-0.25, -0.2) is 4.98 Å². The highest BCUT2D eigenvalue weighted by Gasteiger charge is 2.19. The Labute approximate surface area is 163 Å². The van der Waals surface area contributed by atoms with E-state index in [1.807, 2.05) is 43.3 Å². The maximum Gasteiger partial charge on any atom is 0.316 e. The van der Waals surface area contributed by atoms with E-state index in [4.69, 9.17) is 4.74 Å². The van der Waals surface area contributed by atoms with E-state index in [9.17, 15) is 9.59 Å². The summed E-state index contributed by atoms with van der Waals surface area (Å²) in [6, 6.07) is 14.9. The van der Waals surface area contributed by atoms with Crippen molar-refractivity contribution in [3.63, 3.8) is 0 Å². The van der Waals surface area contributed by atoms with Crippen LogP contribution in [0.5, 0.6) is 0 Å². The second kappa shape index (κ2) is 8.05. The minimum atomic E-state index is -0.362. The molecule has 0 saturated carbocycles. The first-order valence-corrected chi connectivity index (χ1v) is 9.75. The monoisotopic (exact) mass is 432 g/mol. The summed E-state index contributed by atoms with van der Waals surface area (Å²) < 4.78 is 7.16. The van der Waals surface area contributed by atoms with Crippen molar-refractivity contribution in [3.8, 4) is 0 Å². The molecule has 0 spiro atoms. The maximum atomic E-state index is 13.2. The lowest BCUT2D eigenvalue weighted by Crippen LogP contribution is -2.27. The summed E-state index contributed by atoms with van der Waals surface area (Å²) in [6.07, 6.45) is 0. The number of methoxy groups -OCH3 is 1. The predicted octanol–water partition coefficient (Wildman–Crippen LogP) is 4.03. The number of aromatic nitrogens is 2. The number of hydrogen-bond acceptors (Lipinski definition) is 5. The Morgan fingerprint density at radius 1 is 1.27 bits per heavy atom. The summed E-state index contributed by atoms with van der Waals surface area (Å²) in [6.45, 7) is 1.95. The Balaban J connectivity index is 2.17. The van der Waals surface area contributed by atoms with Crippen LogP contribution in [0.1, 0.15) is 18.5 Å². The fourth-order valence-electron chi connectivity index (χ4n) is 2.66. The highest BCUT2D eigenvalue weighted by molar-refractivity contribution is 9.10. The van der Waals surface area contributed by atoms with Crippen LogP contribution in [-0.2, 0) is 9.53 Å². The van der Waals surface area contributed by atoms with Crippen LogP contribution < -0.4 is 5.56 Å². The van der Waals surface area contributed by atoms with Crippen LogP contribution in [-0.4, -0.2) is 28.4 Å². The maximum absolute atomic E-state index is 13.2. The molecule has 3 rings (SSSR count). The largest absolute Gasteiger partial charge is 0.468 e. The molecule has 1 aromatic heterocycles. The minimum Gasteiger partial charge on any atom is -0.468 e. The van der Waals surface area contributed by atoms with Gasteiger partial charge < -0.3 is 4.74 Å². The number of ether oxygens (including phenoxy) is 1. The summed E-state index contributed by atoms with van der Waals surface area (Å²) in [5.41, 5.74) is 1.45. The zero-order chi connectivity index (χ0) is 18.7. The SMILES string of the molecule is COC(=O)CSc1nc2ccc(Br)cc2c(=O)n1C(C)c1ccccc1. The third-order valence-electron chi connectivity index (χ3n) is 4.05. The summed E-state index contributed by atoms with van der Waals surface area (Å²) in [7, 11) is 1.34. The van der Waals surface area contributed by atoms with E-state index in [-0.39, 0.29) is 23.3 Å². The molecule has 0 fully saturated rings. The van der Waals surface area contributed by atoms with E-state index >= 15 is 0 Å². The molecule has 2 aromatic carbocycles. The number of halogens is 1. The van der Waals surface area contributed by atoms with E-state index in [2.05, 4.69) is 20.9 Å². The van der Waals surface area contributed by atoms with Gasteiger partial charge in [-0.15, -0.1) is 0 Å². The van der Waals surface area contributed by atoms with Gasteiger partial charge in [0, 0.05) is 4.47 Å². The molecule has 0 radical (unpaired) electrons. The Morgan fingerprint density at radius 3 is 2.69 bits per heavy atom. The van der Waals surface area contributed by atoms with Crippen molar-refractivity contribution in [1.29, 1.82) is 0 Å². The van der Waals surface area contributed by atoms with Crippen molar-refractivity contribution in [1.82, 2.24) is 9.55 Å². The van der Waals surface area contributed by atoms with Gasteiger partial charge in [0.15, 0.2) is 5.16 Å². The predicted molar refractivity (Wildman–Crippen MR) is 107 cm³/mol. The quantitative estimate of drug-likeness (QED) is 0.346.